The molecule has 154 valence electrons. The van der Waals surface area contributed by atoms with E-state index >= 15 is 0 Å². The standard InChI is InChI=1S/C25H24ClNO3/c26-20-5-3-4-18(13-20)24(28)15-27-21-11-10-16-8-9-17(12-19(16)14-21)22-6-1-2-7-23(22)25(29)30/h1-9,12-13,21,24,27-28H,10-11,14-15H2,(H,29,30)/t21-,24-/m0/s1. The summed E-state index contributed by atoms with van der Waals surface area (Å²) in [6.45, 7) is 0.460. The van der Waals surface area contributed by atoms with Gasteiger partial charge in [0.2, 0.25) is 0 Å². The van der Waals surface area contributed by atoms with Crippen LogP contribution in [0.3, 0.4) is 0 Å². The van der Waals surface area contributed by atoms with Crippen LogP contribution in [0.4, 0.5) is 0 Å². The van der Waals surface area contributed by atoms with Crippen molar-refractivity contribution < 1.29 is 15.0 Å². The lowest BCUT2D eigenvalue weighted by atomic mass is 9.85. The minimum absolute atomic E-state index is 0.260. The molecule has 2 atom stereocenters. The number of benzene rings is 3. The second kappa shape index (κ2) is 9.00. The molecule has 4 nitrogen and oxygen atoms in total. The van der Waals surface area contributed by atoms with Gasteiger partial charge in [-0.05, 0) is 65.3 Å². The third-order valence-corrected chi connectivity index (χ3v) is 5.97. The molecule has 3 aromatic carbocycles. The minimum atomic E-state index is -0.919. The molecule has 0 aromatic heterocycles. The van der Waals surface area contributed by atoms with Crippen LogP contribution in [0.5, 0.6) is 0 Å². The van der Waals surface area contributed by atoms with E-state index in [1.165, 1.54) is 11.1 Å². The summed E-state index contributed by atoms with van der Waals surface area (Å²) < 4.78 is 0. The molecule has 5 heteroatoms. The summed E-state index contributed by atoms with van der Waals surface area (Å²) in [5, 5.41) is 24.1. The van der Waals surface area contributed by atoms with Crippen molar-refractivity contribution in [1.29, 1.82) is 0 Å². The molecule has 0 aliphatic heterocycles. The Hall–Kier alpha value is -2.66. The van der Waals surface area contributed by atoms with Crippen LogP contribution >= 0.6 is 11.6 Å². The maximum atomic E-state index is 11.6. The number of carbonyl (C=O) groups is 1. The van der Waals surface area contributed by atoms with E-state index in [0.717, 1.165) is 36.0 Å². The molecule has 3 N–H and O–H groups in total. The maximum Gasteiger partial charge on any atom is 0.336 e. The molecule has 0 heterocycles. The smallest absolute Gasteiger partial charge is 0.336 e. The summed E-state index contributed by atoms with van der Waals surface area (Å²) in [4.78, 5) is 11.6. The van der Waals surface area contributed by atoms with Gasteiger partial charge in [0.05, 0.1) is 11.7 Å². The van der Waals surface area contributed by atoms with Gasteiger partial charge in [0, 0.05) is 17.6 Å². The molecule has 0 amide bonds. The van der Waals surface area contributed by atoms with Gasteiger partial charge >= 0.3 is 5.97 Å². The van der Waals surface area contributed by atoms with Gasteiger partial charge in [0.1, 0.15) is 0 Å². The molecule has 1 aliphatic rings. The lowest BCUT2D eigenvalue weighted by Gasteiger charge is -2.27. The summed E-state index contributed by atoms with van der Waals surface area (Å²) in [7, 11) is 0. The van der Waals surface area contributed by atoms with Crippen LogP contribution in [0.25, 0.3) is 11.1 Å². The lowest BCUT2D eigenvalue weighted by Crippen LogP contribution is -2.37. The predicted molar refractivity (Wildman–Crippen MR) is 119 cm³/mol. The number of halogens is 1. The van der Waals surface area contributed by atoms with E-state index in [2.05, 4.69) is 17.4 Å². The van der Waals surface area contributed by atoms with Crippen molar-refractivity contribution in [3.8, 4) is 11.1 Å². The summed E-state index contributed by atoms with van der Waals surface area (Å²) in [5.74, 6) is -0.919. The molecule has 0 bridgehead atoms. The average Bonchev–Trinajstić information content (AvgIpc) is 2.76. The van der Waals surface area contributed by atoms with E-state index in [4.69, 9.17) is 11.6 Å². The summed E-state index contributed by atoms with van der Waals surface area (Å²) >= 11 is 6.02. The SMILES string of the molecule is O=C(O)c1ccccc1-c1ccc2c(c1)C[C@@H](NC[C@H](O)c1cccc(Cl)c1)CC2. The first-order valence-electron chi connectivity index (χ1n) is 10.1. The molecular formula is C25H24ClNO3. The number of nitrogens with one attached hydrogen (secondary N) is 1. The zero-order chi connectivity index (χ0) is 21.1. The van der Waals surface area contributed by atoms with Gasteiger partial charge in [0.25, 0.3) is 0 Å². The van der Waals surface area contributed by atoms with Crippen LogP contribution in [0.1, 0.15) is 39.6 Å². The highest BCUT2D eigenvalue weighted by molar-refractivity contribution is 6.30. The van der Waals surface area contributed by atoms with Crippen molar-refractivity contribution in [3.63, 3.8) is 0 Å². The number of carboxylic acids is 1. The first-order valence-corrected chi connectivity index (χ1v) is 10.5. The summed E-state index contributed by atoms with van der Waals surface area (Å²) in [5.41, 5.74) is 5.31. The number of aliphatic hydroxyl groups excluding tert-OH is 1. The van der Waals surface area contributed by atoms with Gasteiger partial charge in [-0.2, -0.15) is 0 Å². The Bertz CT molecular complexity index is 1070. The number of hydrogen-bond donors (Lipinski definition) is 3. The van der Waals surface area contributed by atoms with Crippen molar-refractivity contribution in [2.75, 3.05) is 6.54 Å². The molecule has 0 spiro atoms. The van der Waals surface area contributed by atoms with Gasteiger partial charge in [-0.3, -0.25) is 0 Å². The van der Waals surface area contributed by atoms with Crippen molar-refractivity contribution in [2.45, 2.75) is 31.4 Å². The predicted octanol–water partition coefficient (Wildman–Crippen LogP) is 4.89. The second-order valence-corrected chi connectivity index (χ2v) is 8.19. The third kappa shape index (κ3) is 4.57. The second-order valence-electron chi connectivity index (χ2n) is 7.75. The average molecular weight is 422 g/mol. The monoisotopic (exact) mass is 421 g/mol. The van der Waals surface area contributed by atoms with E-state index < -0.39 is 12.1 Å². The normalized spacial score (nSPS) is 16.7. The number of aromatic carboxylic acids is 1. The third-order valence-electron chi connectivity index (χ3n) is 5.74. The fourth-order valence-corrected chi connectivity index (χ4v) is 4.33. The van der Waals surface area contributed by atoms with Gasteiger partial charge in [-0.1, -0.05) is 60.1 Å². The zero-order valence-corrected chi connectivity index (χ0v) is 17.3. The first-order chi connectivity index (χ1) is 14.5. The van der Waals surface area contributed by atoms with E-state index in [1.54, 1.807) is 24.3 Å². The van der Waals surface area contributed by atoms with Crippen molar-refractivity contribution >= 4 is 17.6 Å². The summed E-state index contributed by atoms with van der Waals surface area (Å²) in [6.07, 6.45) is 2.20. The highest BCUT2D eigenvalue weighted by Crippen LogP contribution is 2.30. The largest absolute Gasteiger partial charge is 0.478 e. The van der Waals surface area contributed by atoms with Gasteiger partial charge < -0.3 is 15.5 Å². The zero-order valence-electron chi connectivity index (χ0n) is 16.5. The number of fused-ring (bicyclic) bond motifs is 1. The Morgan fingerprint density at radius 2 is 1.90 bits per heavy atom. The van der Waals surface area contributed by atoms with Crippen molar-refractivity contribution in [3.05, 3.63) is 94.0 Å². The fraction of sp³-hybridized carbons (Fsp3) is 0.240. The van der Waals surface area contributed by atoms with E-state index in [-0.39, 0.29) is 6.04 Å². The first kappa shape index (κ1) is 20.6. The number of carboxylic acid groups (broad SMARTS) is 1. The molecule has 3 aromatic rings. The topological polar surface area (TPSA) is 69.6 Å². The molecule has 0 saturated heterocycles. The Morgan fingerprint density at radius 1 is 1.07 bits per heavy atom. The number of aliphatic hydroxyl groups is 1. The Labute approximate surface area is 181 Å². The summed E-state index contributed by atoms with van der Waals surface area (Å²) in [6, 6.07) is 20.9. The number of rotatable bonds is 6. The molecule has 4 rings (SSSR count). The molecule has 0 unspecified atom stereocenters. The molecule has 0 saturated carbocycles. The van der Waals surface area contributed by atoms with Crippen LogP contribution < -0.4 is 5.32 Å². The molecule has 0 fully saturated rings. The molecule has 30 heavy (non-hydrogen) atoms. The van der Waals surface area contributed by atoms with Gasteiger partial charge in [0.15, 0.2) is 0 Å². The molecule has 1 aliphatic carbocycles. The Kier molecular flexibility index (Phi) is 6.18. The highest BCUT2D eigenvalue weighted by Gasteiger charge is 2.21. The van der Waals surface area contributed by atoms with E-state index in [0.29, 0.717) is 17.1 Å². The van der Waals surface area contributed by atoms with Crippen LogP contribution in [0.15, 0.2) is 66.7 Å². The Morgan fingerprint density at radius 3 is 2.70 bits per heavy atom. The Balaban J connectivity index is 1.47. The molecular weight excluding hydrogens is 398 g/mol. The van der Waals surface area contributed by atoms with Crippen molar-refractivity contribution in [2.24, 2.45) is 0 Å². The van der Waals surface area contributed by atoms with Gasteiger partial charge in [-0.15, -0.1) is 0 Å². The van der Waals surface area contributed by atoms with Gasteiger partial charge in [-0.25, -0.2) is 4.79 Å². The number of hydrogen-bond acceptors (Lipinski definition) is 3. The molecule has 0 radical (unpaired) electrons. The van der Waals surface area contributed by atoms with Crippen LogP contribution in [0, 0.1) is 0 Å². The van der Waals surface area contributed by atoms with Crippen LogP contribution in [0.2, 0.25) is 5.02 Å². The van der Waals surface area contributed by atoms with Crippen LogP contribution in [-0.2, 0) is 12.8 Å². The highest BCUT2D eigenvalue weighted by atomic mass is 35.5. The van der Waals surface area contributed by atoms with E-state index in [1.807, 2.05) is 30.3 Å². The quantitative estimate of drug-likeness (QED) is 0.530. The van der Waals surface area contributed by atoms with E-state index in [9.17, 15) is 15.0 Å². The van der Waals surface area contributed by atoms with Crippen molar-refractivity contribution in [1.82, 2.24) is 5.32 Å². The number of aryl methyl sites for hydroxylation is 1. The fourth-order valence-electron chi connectivity index (χ4n) is 4.13. The lowest BCUT2D eigenvalue weighted by molar-refractivity contribution is 0.0697. The maximum absolute atomic E-state index is 11.6. The van der Waals surface area contributed by atoms with Crippen LogP contribution in [-0.4, -0.2) is 28.8 Å². The minimum Gasteiger partial charge on any atom is -0.478 e.